The number of aryl methyl sites for hydroxylation is 3. The van der Waals surface area contributed by atoms with Crippen molar-refractivity contribution in [2.24, 2.45) is 7.05 Å². The van der Waals surface area contributed by atoms with Crippen LogP contribution in [0.2, 0.25) is 0 Å². The first-order valence-electron chi connectivity index (χ1n) is 8.69. The molecule has 1 N–H and O–H groups in total. The number of pyridine rings is 1. The highest BCUT2D eigenvalue weighted by Gasteiger charge is 2.25. The van der Waals surface area contributed by atoms with Gasteiger partial charge in [-0.1, -0.05) is 0 Å². The molecule has 3 aromatic rings. The van der Waals surface area contributed by atoms with E-state index in [1.165, 1.54) is 0 Å². The van der Waals surface area contributed by atoms with E-state index in [2.05, 4.69) is 20.4 Å². The van der Waals surface area contributed by atoms with Gasteiger partial charge in [-0.3, -0.25) is 14.5 Å². The van der Waals surface area contributed by atoms with Crippen LogP contribution in [0.4, 0.5) is 0 Å². The Labute approximate surface area is 151 Å². The summed E-state index contributed by atoms with van der Waals surface area (Å²) in [6, 6.07) is 5.51. The van der Waals surface area contributed by atoms with E-state index in [1.807, 2.05) is 25.3 Å². The molecule has 7 heteroatoms. The average molecular weight is 348 g/mol. The maximum atomic E-state index is 12.6. The Balaban J connectivity index is 1.59. The second-order valence-electron chi connectivity index (χ2n) is 6.54. The van der Waals surface area contributed by atoms with E-state index in [0.29, 0.717) is 11.5 Å². The van der Waals surface area contributed by atoms with Gasteiger partial charge in [-0.2, -0.15) is 5.10 Å². The maximum Gasteiger partial charge on any atom is 0.270 e. The molecule has 0 saturated carbocycles. The number of amides is 1. The molecular weight excluding hydrogens is 328 g/mol. The van der Waals surface area contributed by atoms with Crippen LogP contribution in [0.3, 0.4) is 0 Å². The Morgan fingerprint density at radius 3 is 2.85 bits per heavy atom. The van der Waals surface area contributed by atoms with Gasteiger partial charge < -0.3 is 5.32 Å². The van der Waals surface area contributed by atoms with Gasteiger partial charge in [-0.05, 0) is 44.4 Å². The monoisotopic (exact) mass is 348 g/mol. The summed E-state index contributed by atoms with van der Waals surface area (Å²) in [5.74, 6) is 0.574. The molecule has 0 aromatic carbocycles. The molecule has 3 heterocycles. The third kappa shape index (κ3) is 3.08. The molecule has 1 atom stereocenters. The second-order valence-corrected chi connectivity index (χ2v) is 6.54. The summed E-state index contributed by atoms with van der Waals surface area (Å²) >= 11 is 0. The molecule has 0 bridgehead atoms. The van der Waals surface area contributed by atoms with Crippen molar-refractivity contribution in [3.05, 3.63) is 59.4 Å². The summed E-state index contributed by atoms with van der Waals surface area (Å²) in [6.07, 6.45) is 8.07. The van der Waals surface area contributed by atoms with Crippen LogP contribution in [0.15, 0.2) is 36.8 Å². The van der Waals surface area contributed by atoms with Gasteiger partial charge in [0.15, 0.2) is 5.82 Å². The van der Waals surface area contributed by atoms with Gasteiger partial charge in [0.2, 0.25) is 0 Å². The Morgan fingerprint density at radius 1 is 1.31 bits per heavy atom. The van der Waals surface area contributed by atoms with Gasteiger partial charge in [0.25, 0.3) is 5.91 Å². The van der Waals surface area contributed by atoms with Crippen molar-refractivity contribution in [1.29, 1.82) is 0 Å². The van der Waals surface area contributed by atoms with Gasteiger partial charge in [0.1, 0.15) is 5.69 Å². The number of nitrogens with one attached hydrogen (secondary N) is 1. The minimum absolute atomic E-state index is 0.0760. The van der Waals surface area contributed by atoms with E-state index in [4.69, 9.17) is 4.98 Å². The Kier molecular flexibility index (Phi) is 4.20. The van der Waals surface area contributed by atoms with Crippen molar-refractivity contribution in [3.8, 4) is 11.4 Å². The summed E-state index contributed by atoms with van der Waals surface area (Å²) in [5.41, 5.74) is 4.33. The Hall–Kier alpha value is -3.09. The number of hydrogen-bond acceptors (Lipinski definition) is 5. The van der Waals surface area contributed by atoms with Gasteiger partial charge in [0.05, 0.1) is 11.7 Å². The molecule has 4 rings (SSSR count). The van der Waals surface area contributed by atoms with Crippen molar-refractivity contribution in [2.45, 2.75) is 32.2 Å². The highest BCUT2D eigenvalue weighted by molar-refractivity contribution is 5.93. The summed E-state index contributed by atoms with van der Waals surface area (Å²) < 4.78 is 1.61. The van der Waals surface area contributed by atoms with Crippen molar-refractivity contribution in [3.63, 3.8) is 0 Å². The molecule has 0 fully saturated rings. The molecular formula is C19H20N6O. The number of aromatic nitrogens is 5. The van der Waals surface area contributed by atoms with Crippen molar-refractivity contribution >= 4 is 5.91 Å². The zero-order chi connectivity index (χ0) is 18.1. The van der Waals surface area contributed by atoms with Crippen LogP contribution in [-0.2, 0) is 13.5 Å². The lowest BCUT2D eigenvalue weighted by molar-refractivity contribution is 0.0923. The fourth-order valence-corrected chi connectivity index (χ4v) is 3.39. The van der Waals surface area contributed by atoms with Crippen LogP contribution < -0.4 is 5.32 Å². The predicted molar refractivity (Wildman–Crippen MR) is 96.4 cm³/mol. The predicted octanol–water partition coefficient (Wildman–Crippen LogP) is 2.39. The van der Waals surface area contributed by atoms with Crippen LogP contribution in [-0.4, -0.2) is 30.6 Å². The number of rotatable bonds is 3. The molecule has 132 valence electrons. The fourth-order valence-electron chi connectivity index (χ4n) is 3.39. The molecule has 0 saturated heterocycles. The number of carbonyl (C=O) groups is 1. The number of hydrogen-bond donors (Lipinski definition) is 1. The van der Waals surface area contributed by atoms with E-state index in [0.717, 1.165) is 41.8 Å². The number of fused-ring (bicyclic) bond motifs is 1. The molecule has 0 aliphatic heterocycles. The maximum absolute atomic E-state index is 12.6. The van der Waals surface area contributed by atoms with Crippen LogP contribution in [0.5, 0.6) is 0 Å². The van der Waals surface area contributed by atoms with Gasteiger partial charge >= 0.3 is 0 Å². The molecule has 0 spiro atoms. The van der Waals surface area contributed by atoms with Crippen molar-refractivity contribution < 1.29 is 4.79 Å². The van der Waals surface area contributed by atoms with Crippen LogP contribution in [0.1, 0.15) is 46.3 Å². The van der Waals surface area contributed by atoms with Crippen molar-refractivity contribution in [1.82, 2.24) is 30.0 Å². The van der Waals surface area contributed by atoms with Gasteiger partial charge in [-0.15, -0.1) is 0 Å². The van der Waals surface area contributed by atoms with Crippen molar-refractivity contribution in [2.75, 3.05) is 0 Å². The van der Waals surface area contributed by atoms with E-state index in [1.54, 1.807) is 30.2 Å². The first-order valence-corrected chi connectivity index (χ1v) is 8.69. The zero-order valence-electron chi connectivity index (χ0n) is 14.8. The SMILES string of the molecule is Cc1cc(C(=O)N[C@H]2CCCc3nc(-c4ccncc4)ncc32)n(C)n1. The molecule has 0 unspecified atom stereocenters. The van der Waals surface area contributed by atoms with Crippen LogP contribution >= 0.6 is 0 Å². The van der Waals surface area contributed by atoms with Crippen LogP contribution in [0, 0.1) is 6.92 Å². The van der Waals surface area contributed by atoms with E-state index < -0.39 is 0 Å². The summed E-state index contributed by atoms with van der Waals surface area (Å²) in [5, 5.41) is 7.36. The lowest BCUT2D eigenvalue weighted by Gasteiger charge is -2.25. The molecule has 1 aliphatic rings. The molecule has 7 nitrogen and oxygen atoms in total. The largest absolute Gasteiger partial charge is 0.344 e. The van der Waals surface area contributed by atoms with Crippen LogP contribution in [0.25, 0.3) is 11.4 Å². The fraction of sp³-hybridized carbons (Fsp3) is 0.316. The Morgan fingerprint density at radius 2 is 2.12 bits per heavy atom. The smallest absolute Gasteiger partial charge is 0.270 e. The molecule has 1 aliphatic carbocycles. The quantitative estimate of drug-likeness (QED) is 0.785. The average Bonchev–Trinajstić information content (AvgIpc) is 3.00. The normalized spacial score (nSPS) is 16.2. The molecule has 1 amide bonds. The molecule has 0 radical (unpaired) electrons. The highest BCUT2D eigenvalue weighted by Crippen LogP contribution is 2.29. The topological polar surface area (TPSA) is 85.6 Å². The van der Waals surface area contributed by atoms with E-state index in [9.17, 15) is 4.79 Å². The Bertz CT molecular complexity index is 950. The number of carbonyl (C=O) groups excluding carboxylic acids is 1. The highest BCUT2D eigenvalue weighted by atomic mass is 16.2. The second kappa shape index (κ2) is 6.67. The lowest BCUT2D eigenvalue weighted by Crippen LogP contribution is -2.32. The summed E-state index contributed by atoms with van der Waals surface area (Å²) in [4.78, 5) is 25.9. The van der Waals surface area contributed by atoms with Gasteiger partial charge in [0, 0.05) is 42.5 Å². The van der Waals surface area contributed by atoms with Gasteiger partial charge in [-0.25, -0.2) is 9.97 Å². The lowest BCUT2D eigenvalue weighted by atomic mass is 9.92. The number of nitrogens with zero attached hydrogens (tertiary/aromatic N) is 5. The summed E-state index contributed by atoms with van der Waals surface area (Å²) in [7, 11) is 1.78. The third-order valence-electron chi connectivity index (χ3n) is 4.66. The molecule has 3 aromatic heterocycles. The standard InChI is InChI=1S/C19H20N6O/c1-12-10-17(25(2)24-12)19(26)23-16-5-3-4-15-14(16)11-21-18(22-15)13-6-8-20-9-7-13/h6-11,16H,3-5H2,1-2H3,(H,23,26)/t16-/m0/s1. The first kappa shape index (κ1) is 16.4. The minimum Gasteiger partial charge on any atom is -0.344 e. The zero-order valence-corrected chi connectivity index (χ0v) is 14.8. The van der Waals surface area contributed by atoms with E-state index in [-0.39, 0.29) is 11.9 Å². The molecule has 26 heavy (non-hydrogen) atoms. The first-order chi connectivity index (χ1) is 12.6. The third-order valence-corrected chi connectivity index (χ3v) is 4.66. The summed E-state index contributed by atoms with van der Waals surface area (Å²) in [6.45, 7) is 1.88. The van der Waals surface area contributed by atoms with E-state index >= 15 is 0 Å². The minimum atomic E-state index is -0.121.